The summed E-state index contributed by atoms with van der Waals surface area (Å²) in [5.41, 5.74) is 0. The van der Waals surface area contributed by atoms with E-state index in [0.29, 0.717) is 0 Å². The molecule has 0 rings (SSSR count). The van der Waals surface area contributed by atoms with Crippen molar-refractivity contribution in [3.8, 4) is 0 Å². The zero-order chi connectivity index (χ0) is 12.8. The molecule has 0 amide bonds. The van der Waals surface area contributed by atoms with Crippen LogP contribution in [-0.2, 0) is 0 Å². The van der Waals surface area contributed by atoms with Crippen LogP contribution in [0.3, 0.4) is 0 Å². The zero-order valence-electron chi connectivity index (χ0n) is 12.2. The molecule has 0 aliphatic rings. The standard InChI is InChI=1S/C16H34O/c1-3-4-5-6-7-8-9-10-11-12-13-14-15-16(2)17/h16-17H,3-15H2,1-2H3/t16-/m1/s1. The minimum Gasteiger partial charge on any atom is -0.393 e. The third kappa shape index (κ3) is 16.0. The van der Waals surface area contributed by atoms with Gasteiger partial charge >= 0.3 is 0 Å². The number of hydrogen-bond acceptors (Lipinski definition) is 1. The summed E-state index contributed by atoms with van der Waals surface area (Å²) in [7, 11) is 0. The van der Waals surface area contributed by atoms with E-state index < -0.39 is 0 Å². The quantitative estimate of drug-likeness (QED) is 0.425. The Morgan fingerprint density at radius 2 is 1.00 bits per heavy atom. The Balaban J connectivity index is 2.89. The largest absolute Gasteiger partial charge is 0.393 e. The van der Waals surface area contributed by atoms with Crippen molar-refractivity contribution in [2.75, 3.05) is 0 Å². The maximum absolute atomic E-state index is 9.11. The highest BCUT2D eigenvalue weighted by Crippen LogP contribution is 2.12. The van der Waals surface area contributed by atoms with E-state index in [4.69, 9.17) is 5.11 Å². The molecule has 0 spiro atoms. The molecule has 1 nitrogen and oxygen atoms in total. The molecule has 0 saturated carbocycles. The van der Waals surface area contributed by atoms with Gasteiger partial charge in [0.2, 0.25) is 0 Å². The Morgan fingerprint density at radius 1 is 0.647 bits per heavy atom. The van der Waals surface area contributed by atoms with Crippen LogP contribution in [0.25, 0.3) is 0 Å². The highest BCUT2D eigenvalue weighted by molar-refractivity contribution is 4.50. The molecule has 0 aliphatic heterocycles. The van der Waals surface area contributed by atoms with Crippen LogP contribution in [0.15, 0.2) is 0 Å². The van der Waals surface area contributed by atoms with Crippen LogP contribution in [0.2, 0.25) is 0 Å². The molecule has 1 heteroatoms. The average molecular weight is 242 g/mol. The molecule has 0 aromatic carbocycles. The van der Waals surface area contributed by atoms with E-state index >= 15 is 0 Å². The lowest BCUT2D eigenvalue weighted by Crippen LogP contribution is -1.98. The van der Waals surface area contributed by atoms with Gasteiger partial charge < -0.3 is 5.11 Å². The van der Waals surface area contributed by atoms with Crippen LogP contribution >= 0.6 is 0 Å². The fourth-order valence-corrected chi connectivity index (χ4v) is 2.28. The van der Waals surface area contributed by atoms with Crippen molar-refractivity contribution < 1.29 is 5.11 Å². The molecule has 0 bridgehead atoms. The smallest absolute Gasteiger partial charge is 0.0512 e. The van der Waals surface area contributed by atoms with Crippen LogP contribution in [0.4, 0.5) is 0 Å². The first-order valence-electron chi connectivity index (χ1n) is 7.95. The fourth-order valence-electron chi connectivity index (χ4n) is 2.28. The number of unbranched alkanes of at least 4 members (excludes halogenated alkanes) is 11. The normalized spacial score (nSPS) is 12.9. The monoisotopic (exact) mass is 242 g/mol. The van der Waals surface area contributed by atoms with E-state index in [9.17, 15) is 0 Å². The van der Waals surface area contributed by atoms with E-state index in [1.54, 1.807) is 0 Å². The van der Waals surface area contributed by atoms with Crippen LogP contribution in [-0.4, -0.2) is 11.2 Å². The van der Waals surface area contributed by atoms with Gasteiger partial charge in [0.1, 0.15) is 0 Å². The first-order valence-corrected chi connectivity index (χ1v) is 7.95. The molecule has 104 valence electrons. The minimum absolute atomic E-state index is 0.0990. The molecule has 0 unspecified atom stereocenters. The minimum atomic E-state index is -0.0990. The van der Waals surface area contributed by atoms with Gasteiger partial charge in [-0.25, -0.2) is 0 Å². The second-order valence-corrected chi connectivity index (χ2v) is 5.53. The van der Waals surface area contributed by atoms with Crippen LogP contribution in [0.1, 0.15) is 97.3 Å². The number of aliphatic hydroxyl groups excluding tert-OH is 1. The molecule has 0 aliphatic carbocycles. The molecule has 0 heterocycles. The molecule has 0 radical (unpaired) electrons. The molecular formula is C16H34O. The second-order valence-electron chi connectivity index (χ2n) is 5.53. The first-order chi connectivity index (χ1) is 8.27. The maximum Gasteiger partial charge on any atom is 0.0512 e. The first kappa shape index (κ1) is 17.0. The van der Waals surface area contributed by atoms with Gasteiger partial charge in [0.05, 0.1) is 6.10 Å². The van der Waals surface area contributed by atoms with Crippen LogP contribution < -0.4 is 0 Å². The lowest BCUT2D eigenvalue weighted by atomic mass is 10.0. The number of hydrogen-bond donors (Lipinski definition) is 1. The van der Waals surface area contributed by atoms with Gasteiger partial charge in [-0.2, -0.15) is 0 Å². The van der Waals surface area contributed by atoms with Crippen LogP contribution in [0, 0.1) is 0 Å². The summed E-state index contributed by atoms with van der Waals surface area (Å²) >= 11 is 0. The Morgan fingerprint density at radius 3 is 1.35 bits per heavy atom. The van der Waals surface area contributed by atoms with E-state index in [1.165, 1.54) is 77.0 Å². The van der Waals surface area contributed by atoms with Gasteiger partial charge in [-0.15, -0.1) is 0 Å². The predicted molar refractivity (Wildman–Crippen MR) is 77.4 cm³/mol. The number of aliphatic hydroxyl groups is 1. The summed E-state index contributed by atoms with van der Waals surface area (Å²) in [5, 5.41) is 9.11. The summed E-state index contributed by atoms with van der Waals surface area (Å²) in [6.45, 7) is 4.16. The molecule has 1 atom stereocenters. The highest BCUT2D eigenvalue weighted by Gasteiger charge is 1.96. The van der Waals surface area contributed by atoms with Crippen molar-refractivity contribution in [1.82, 2.24) is 0 Å². The van der Waals surface area contributed by atoms with E-state index in [-0.39, 0.29) is 6.10 Å². The van der Waals surface area contributed by atoms with Gasteiger partial charge in [-0.05, 0) is 13.3 Å². The third-order valence-electron chi connectivity index (χ3n) is 3.48. The van der Waals surface area contributed by atoms with Gasteiger partial charge in [0.15, 0.2) is 0 Å². The van der Waals surface area contributed by atoms with Crippen molar-refractivity contribution in [2.45, 2.75) is 103 Å². The lowest BCUT2D eigenvalue weighted by Gasteiger charge is -2.04. The van der Waals surface area contributed by atoms with Crippen molar-refractivity contribution in [2.24, 2.45) is 0 Å². The fraction of sp³-hybridized carbons (Fsp3) is 1.00. The zero-order valence-corrected chi connectivity index (χ0v) is 12.2. The summed E-state index contributed by atoms with van der Waals surface area (Å²) in [6, 6.07) is 0. The molecule has 1 N–H and O–H groups in total. The summed E-state index contributed by atoms with van der Waals surface area (Å²) < 4.78 is 0. The van der Waals surface area contributed by atoms with Gasteiger partial charge in [-0.3, -0.25) is 0 Å². The van der Waals surface area contributed by atoms with E-state index in [0.717, 1.165) is 6.42 Å². The summed E-state index contributed by atoms with van der Waals surface area (Å²) in [6.07, 6.45) is 17.6. The highest BCUT2D eigenvalue weighted by atomic mass is 16.3. The van der Waals surface area contributed by atoms with E-state index in [1.807, 2.05) is 6.92 Å². The average Bonchev–Trinajstić information content (AvgIpc) is 2.30. The van der Waals surface area contributed by atoms with E-state index in [2.05, 4.69) is 6.92 Å². The topological polar surface area (TPSA) is 20.2 Å². The second kappa shape index (κ2) is 14.0. The molecule has 0 aromatic rings. The Labute approximate surface area is 109 Å². The van der Waals surface area contributed by atoms with Crippen molar-refractivity contribution in [3.05, 3.63) is 0 Å². The number of rotatable bonds is 13. The molecule has 0 fully saturated rings. The molecule has 17 heavy (non-hydrogen) atoms. The Kier molecular flexibility index (Phi) is 14.0. The van der Waals surface area contributed by atoms with Crippen LogP contribution in [0.5, 0.6) is 0 Å². The summed E-state index contributed by atoms with van der Waals surface area (Å²) in [5.74, 6) is 0. The molecular weight excluding hydrogens is 208 g/mol. The third-order valence-corrected chi connectivity index (χ3v) is 3.48. The lowest BCUT2D eigenvalue weighted by molar-refractivity contribution is 0.180. The van der Waals surface area contributed by atoms with Crippen molar-refractivity contribution in [3.63, 3.8) is 0 Å². The van der Waals surface area contributed by atoms with Crippen molar-refractivity contribution >= 4 is 0 Å². The van der Waals surface area contributed by atoms with Gasteiger partial charge in [-0.1, -0.05) is 84.0 Å². The SMILES string of the molecule is CCCCCCCCCCCCCC[C@@H](C)O. The summed E-state index contributed by atoms with van der Waals surface area (Å²) in [4.78, 5) is 0. The molecule has 0 saturated heterocycles. The van der Waals surface area contributed by atoms with Crippen molar-refractivity contribution in [1.29, 1.82) is 0 Å². The van der Waals surface area contributed by atoms with Gasteiger partial charge in [0.25, 0.3) is 0 Å². The molecule has 0 aromatic heterocycles. The predicted octanol–water partition coefficient (Wildman–Crippen LogP) is 5.46. The Hall–Kier alpha value is -0.0400. The maximum atomic E-state index is 9.11. The Bertz CT molecular complexity index is 131. The van der Waals surface area contributed by atoms with Gasteiger partial charge in [0, 0.05) is 0 Å².